The summed E-state index contributed by atoms with van der Waals surface area (Å²) < 4.78 is 5.61. The Morgan fingerprint density at radius 3 is 2.79 bits per heavy atom. The van der Waals surface area contributed by atoms with Crippen LogP contribution in [-0.2, 0) is 6.54 Å². The van der Waals surface area contributed by atoms with Crippen molar-refractivity contribution in [2.24, 2.45) is 0 Å². The van der Waals surface area contributed by atoms with Crippen LogP contribution in [0.25, 0.3) is 0 Å². The van der Waals surface area contributed by atoms with Gasteiger partial charge in [0.1, 0.15) is 11.6 Å². The van der Waals surface area contributed by atoms with Gasteiger partial charge in [0.15, 0.2) is 0 Å². The van der Waals surface area contributed by atoms with Crippen LogP contribution in [0.3, 0.4) is 0 Å². The molecule has 0 bridgehead atoms. The predicted octanol–water partition coefficient (Wildman–Crippen LogP) is 2.34. The van der Waals surface area contributed by atoms with Crippen molar-refractivity contribution in [3.63, 3.8) is 0 Å². The molecule has 0 aliphatic heterocycles. The van der Waals surface area contributed by atoms with Gasteiger partial charge in [-0.15, -0.1) is 0 Å². The van der Waals surface area contributed by atoms with Crippen LogP contribution >= 0.6 is 0 Å². The molecule has 0 saturated heterocycles. The summed E-state index contributed by atoms with van der Waals surface area (Å²) in [4.78, 5) is 8.41. The fourth-order valence-electron chi connectivity index (χ4n) is 1.72. The zero-order chi connectivity index (χ0) is 13.3. The van der Waals surface area contributed by atoms with E-state index >= 15 is 0 Å². The van der Waals surface area contributed by atoms with E-state index in [2.05, 4.69) is 15.3 Å². The molecule has 2 rings (SSSR count). The van der Waals surface area contributed by atoms with Gasteiger partial charge in [0.2, 0.25) is 0 Å². The minimum absolute atomic E-state index is 0.722. The molecule has 0 atom stereocenters. The molecule has 0 saturated carbocycles. The second kappa shape index (κ2) is 7.48. The summed E-state index contributed by atoms with van der Waals surface area (Å²) in [5, 5.41) is 3.34. The van der Waals surface area contributed by atoms with Gasteiger partial charge in [-0.2, -0.15) is 0 Å². The van der Waals surface area contributed by atoms with Gasteiger partial charge in [0.25, 0.3) is 0 Å². The molecule has 0 aliphatic rings. The highest BCUT2D eigenvalue weighted by Gasteiger charge is 1.96. The molecular weight excluding hydrogens is 238 g/mol. The normalized spacial score (nSPS) is 10.4. The van der Waals surface area contributed by atoms with E-state index < -0.39 is 0 Å². The smallest absolute Gasteiger partial charge is 0.125 e. The number of hydrogen-bond donors (Lipinski definition) is 1. The van der Waals surface area contributed by atoms with Gasteiger partial charge in [-0.25, -0.2) is 9.97 Å². The van der Waals surface area contributed by atoms with Crippen LogP contribution in [0, 0.1) is 6.92 Å². The summed E-state index contributed by atoms with van der Waals surface area (Å²) in [6.45, 7) is 4.31. The second-order valence-electron chi connectivity index (χ2n) is 4.29. The van der Waals surface area contributed by atoms with Gasteiger partial charge in [0.05, 0.1) is 12.3 Å². The van der Waals surface area contributed by atoms with Crippen LogP contribution < -0.4 is 10.1 Å². The molecule has 1 heterocycles. The zero-order valence-electron chi connectivity index (χ0n) is 11.2. The average Bonchev–Trinajstić information content (AvgIpc) is 2.44. The molecule has 0 spiro atoms. The Bertz CT molecular complexity index is 488. The maximum atomic E-state index is 5.61. The van der Waals surface area contributed by atoms with Gasteiger partial charge in [-0.1, -0.05) is 18.2 Å². The lowest BCUT2D eigenvalue weighted by Gasteiger charge is -2.07. The first-order valence-corrected chi connectivity index (χ1v) is 6.52. The minimum atomic E-state index is 0.722. The van der Waals surface area contributed by atoms with Crippen molar-refractivity contribution in [1.82, 2.24) is 15.3 Å². The number of hydrogen-bond acceptors (Lipinski definition) is 4. The summed E-state index contributed by atoms with van der Waals surface area (Å²) in [5.74, 6) is 1.74. The summed E-state index contributed by atoms with van der Waals surface area (Å²) >= 11 is 0. The summed E-state index contributed by atoms with van der Waals surface area (Å²) in [6.07, 6.45) is 2.76. The Balaban J connectivity index is 1.58. The number of rotatable bonds is 7. The molecule has 0 amide bonds. The van der Waals surface area contributed by atoms with E-state index in [1.165, 1.54) is 0 Å². The average molecular weight is 257 g/mol. The Labute approximate surface area is 113 Å². The van der Waals surface area contributed by atoms with E-state index in [1.54, 1.807) is 6.20 Å². The number of para-hydroxylation sites is 1. The van der Waals surface area contributed by atoms with Gasteiger partial charge >= 0.3 is 0 Å². The monoisotopic (exact) mass is 257 g/mol. The third-order valence-electron chi connectivity index (χ3n) is 2.65. The number of aromatic nitrogens is 2. The molecule has 2 aromatic rings. The largest absolute Gasteiger partial charge is 0.494 e. The fourth-order valence-corrected chi connectivity index (χ4v) is 1.72. The van der Waals surface area contributed by atoms with Crippen LogP contribution in [0.15, 0.2) is 42.6 Å². The topological polar surface area (TPSA) is 47.0 Å². The second-order valence-corrected chi connectivity index (χ2v) is 4.29. The third-order valence-corrected chi connectivity index (χ3v) is 2.65. The first-order valence-electron chi connectivity index (χ1n) is 6.52. The molecule has 0 radical (unpaired) electrons. The van der Waals surface area contributed by atoms with Crippen LogP contribution in [0.1, 0.15) is 17.9 Å². The maximum Gasteiger partial charge on any atom is 0.125 e. The predicted molar refractivity (Wildman–Crippen MR) is 75.0 cm³/mol. The van der Waals surface area contributed by atoms with Gasteiger partial charge < -0.3 is 10.1 Å². The van der Waals surface area contributed by atoms with E-state index in [0.29, 0.717) is 0 Å². The Morgan fingerprint density at radius 2 is 2.00 bits per heavy atom. The number of ether oxygens (including phenoxy) is 1. The van der Waals surface area contributed by atoms with Gasteiger partial charge in [-0.3, -0.25) is 0 Å². The lowest BCUT2D eigenvalue weighted by atomic mass is 10.3. The number of nitrogens with one attached hydrogen (secondary N) is 1. The van der Waals surface area contributed by atoms with Crippen molar-refractivity contribution in [1.29, 1.82) is 0 Å². The zero-order valence-corrected chi connectivity index (χ0v) is 11.2. The van der Waals surface area contributed by atoms with Crippen molar-refractivity contribution < 1.29 is 4.74 Å². The molecular formula is C15H19N3O. The SMILES string of the molecule is Cc1nccc(CNCCCOc2ccccc2)n1. The van der Waals surface area contributed by atoms with E-state index in [4.69, 9.17) is 4.74 Å². The van der Waals surface area contributed by atoms with Crippen molar-refractivity contribution in [3.8, 4) is 5.75 Å². The lowest BCUT2D eigenvalue weighted by Crippen LogP contribution is -2.18. The first kappa shape index (κ1) is 13.5. The van der Waals surface area contributed by atoms with Gasteiger partial charge in [0, 0.05) is 12.7 Å². The standard InChI is InChI=1S/C15H19N3O/c1-13-17-10-8-14(18-13)12-16-9-5-11-19-15-6-3-2-4-7-15/h2-4,6-8,10,16H,5,9,11-12H2,1H3. The summed E-state index contributed by atoms with van der Waals surface area (Å²) in [6, 6.07) is 11.8. The van der Waals surface area contributed by atoms with Crippen molar-refractivity contribution in [2.75, 3.05) is 13.2 Å². The molecule has 100 valence electrons. The highest BCUT2D eigenvalue weighted by molar-refractivity contribution is 5.20. The Hall–Kier alpha value is -1.94. The van der Waals surface area contributed by atoms with Crippen molar-refractivity contribution in [3.05, 3.63) is 54.1 Å². The lowest BCUT2D eigenvalue weighted by molar-refractivity contribution is 0.308. The first-order chi connectivity index (χ1) is 9.34. The number of benzene rings is 1. The van der Waals surface area contributed by atoms with Crippen LogP contribution in [0.2, 0.25) is 0 Å². The molecule has 0 aliphatic carbocycles. The highest BCUT2D eigenvalue weighted by atomic mass is 16.5. The molecule has 1 N–H and O–H groups in total. The maximum absolute atomic E-state index is 5.61. The van der Waals surface area contributed by atoms with E-state index in [0.717, 1.165) is 43.4 Å². The summed E-state index contributed by atoms with van der Waals surface area (Å²) in [5.41, 5.74) is 1.02. The van der Waals surface area contributed by atoms with Crippen LogP contribution in [0.5, 0.6) is 5.75 Å². The third kappa shape index (κ3) is 5.06. The molecule has 1 aromatic heterocycles. The molecule has 4 nitrogen and oxygen atoms in total. The molecule has 4 heteroatoms. The van der Waals surface area contributed by atoms with Gasteiger partial charge in [-0.05, 0) is 38.1 Å². The Kier molecular flexibility index (Phi) is 5.31. The van der Waals surface area contributed by atoms with Crippen molar-refractivity contribution in [2.45, 2.75) is 19.9 Å². The molecule has 1 aromatic carbocycles. The number of aryl methyl sites for hydroxylation is 1. The van der Waals surface area contributed by atoms with E-state index in [-0.39, 0.29) is 0 Å². The quantitative estimate of drug-likeness (QED) is 0.773. The minimum Gasteiger partial charge on any atom is -0.494 e. The molecule has 0 unspecified atom stereocenters. The van der Waals surface area contributed by atoms with E-state index in [1.807, 2.05) is 43.3 Å². The van der Waals surface area contributed by atoms with Crippen LogP contribution in [0.4, 0.5) is 0 Å². The summed E-state index contributed by atoms with van der Waals surface area (Å²) in [7, 11) is 0. The molecule has 0 fully saturated rings. The highest BCUT2D eigenvalue weighted by Crippen LogP contribution is 2.08. The van der Waals surface area contributed by atoms with Crippen molar-refractivity contribution >= 4 is 0 Å². The van der Waals surface area contributed by atoms with E-state index in [9.17, 15) is 0 Å². The fraction of sp³-hybridized carbons (Fsp3) is 0.333. The number of nitrogens with zero attached hydrogens (tertiary/aromatic N) is 2. The molecule has 19 heavy (non-hydrogen) atoms. The Morgan fingerprint density at radius 1 is 1.16 bits per heavy atom. The van der Waals surface area contributed by atoms with Crippen LogP contribution in [-0.4, -0.2) is 23.1 Å².